The van der Waals surface area contributed by atoms with Gasteiger partial charge >= 0.3 is 0 Å². The summed E-state index contributed by atoms with van der Waals surface area (Å²) in [6.45, 7) is 7.48. The average Bonchev–Trinajstić information content (AvgIpc) is 2.38. The Kier molecular flexibility index (Phi) is 7.41. The van der Waals surface area contributed by atoms with E-state index in [1.807, 2.05) is 32.0 Å². The van der Waals surface area contributed by atoms with E-state index in [0.717, 1.165) is 18.5 Å². The molecule has 1 aromatic carbocycles. The fourth-order valence-corrected chi connectivity index (χ4v) is 1.98. The Bertz CT molecular complexity index is 436. The third-order valence-electron chi connectivity index (χ3n) is 2.61. The highest BCUT2D eigenvalue weighted by molar-refractivity contribution is 6.31. The summed E-state index contributed by atoms with van der Waals surface area (Å²) in [4.78, 5) is 11.6. The van der Waals surface area contributed by atoms with Gasteiger partial charge in [0.1, 0.15) is 5.75 Å². The molecule has 20 heavy (non-hydrogen) atoms. The molecule has 0 unspecified atom stereocenters. The van der Waals surface area contributed by atoms with Crippen LogP contribution in [-0.2, 0) is 11.3 Å². The lowest BCUT2D eigenvalue weighted by atomic mass is 10.2. The van der Waals surface area contributed by atoms with Gasteiger partial charge in [-0.3, -0.25) is 4.79 Å². The molecule has 2 N–H and O–H groups in total. The van der Waals surface area contributed by atoms with Gasteiger partial charge in [0.25, 0.3) is 5.91 Å². The molecule has 0 saturated carbocycles. The van der Waals surface area contributed by atoms with Crippen molar-refractivity contribution in [3.8, 4) is 5.75 Å². The van der Waals surface area contributed by atoms with Crippen molar-refractivity contribution >= 4 is 17.5 Å². The maximum Gasteiger partial charge on any atom is 0.258 e. The predicted octanol–water partition coefficient (Wildman–Crippen LogP) is 2.74. The summed E-state index contributed by atoms with van der Waals surface area (Å²) in [6, 6.07) is 5.58. The van der Waals surface area contributed by atoms with E-state index in [1.165, 1.54) is 0 Å². The van der Waals surface area contributed by atoms with E-state index in [-0.39, 0.29) is 18.6 Å². The average molecular weight is 299 g/mol. The van der Waals surface area contributed by atoms with Crippen LogP contribution >= 0.6 is 11.6 Å². The summed E-state index contributed by atoms with van der Waals surface area (Å²) >= 11 is 6.19. The van der Waals surface area contributed by atoms with Gasteiger partial charge in [-0.15, -0.1) is 0 Å². The second kappa shape index (κ2) is 8.82. The third kappa shape index (κ3) is 5.80. The van der Waals surface area contributed by atoms with Gasteiger partial charge in [0.15, 0.2) is 6.61 Å². The molecule has 0 aliphatic rings. The van der Waals surface area contributed by atoms with Gasteiger partial charge in [0.2, 0.25) is 0 Å². The summed E-state index contributed by atoms with van der Waals surface area (Å²) in [5.41, 5.74) is 0.889. The van der Waals surface area contributed by atoms with Gasteiger partial charge in [0.05, 0.1) is 0 Å². The highest BCUT2D eigenvalue weighted by Crippen LogP contribution is 2.26. The van der Waals surface area contributed by atoms with Gasteiger partial charge in [-0.05, 0) is 38.9 Å². The van der Waals surface area contributed by atoms with Crippen molar-refractivity contribution in [3.63, 3.8) is 0 Å². The van der Waals surface area contributed by atoms with Gasteiger partial charge < -0.3 is 15.4 Å². The SMILES string of the molecule is CCCNCc1c(Cl)cccc1OCC(=O)NC(C)C. The lowest BCUT2D eigenvalue weighted by Crippen LogP contribution is -2.34. The first kappa shape index (κ1) is 16.8. The summed E-state index contributed by atoms with van der Waals surface area (Å²) in [5.74, 6) is 0.521. The van der Waals surface area contributed by atoms with E-state index in [4.69, 9.17) is 16.3 Å². The normalized spacial score (nSPS) is 10.7. The van der Waals surface area contributed by atoms with E-state index < -0.39 is 0 Å². The molecule has 112 valence electrons. The predicted molar refractivity (Wildman–Crippen MR) is 82.2 cm³/mol. The minimum Gasteiger partial charge on any atom is -0.483 e. The van der Waals surface area contributed by atoms with Gasteiger partial charge in [-0.25, -0.2) is 0 Å². The smallest absolute Gasteiger partial charge is 0.258 e. The molecule has 0 aliphatic heterocycles. The van der Waals surface area contributed by atoms with E-state index >= 15 is 0 Å². The largest absolute Gasteiger partial charge is 0.483 e. The summed E-state index contributed by atoms with van der Waals surface area (Å²) in [5, 5.41) is 6.72. The highest BCUT2D eigenvalue weighted by atomic mass is 35.5. The molecule has 0 spiro atoms. The Morgan fingerprint density at radius 1 is 1.40 bits per heavy atom. The van der Waals surface area contributed by atoms with Gasteiger partial charge in [0, 0.05) is 23.2 Å². The zero-order valence-corrected chi connectivity index (χ0v) is 13.1. The summed E-state index contributed by atoms with van der Waals surface area (Å²) < 4.78 is 5.57. The molecule has 0 fully saturated rings. The molecule has 5 heteroatoms. The molecule has 4 nitrogen and oxygen atoms in total. The van der Waals surface area contributed by atoms with Crippen LogP contribution < -0.4 is 15.4 Å². The number of hydrogen-bond acceptors (Lipinski definition) is 3. The molecular formula is C15H23ClN2O2. The highest BCUT2D eigenvalue weighted by Gasteiger charge is 2.10. The van der Waals surface area contributed by atoms with Crippen LogP contribution in [-0.4, -0.2) is 25.1 Å². The molecule has 1 amide bonds. The first-order valence-corrected chi connectivity index (χ1v) is 7.32. The first-order chi connectivity index (χ1) is 9.54. The number of halogens is 1. The lowest BCUT2D eigenvalue weighted by Gasteiger charge is -2.14. The number of benzene rings is 1. The minimum atomic E-state index is -0.132. The van der Waals surface area contributed by atoms with Crippen LogP contribution in [0, 0.1) is 0 Å². The van der Waals surface area contributed by atoms with E-state index in [0.29, 0.717) is 17.3 Å². The number of ether oxygens (including phenoxy) is 1. The fraction of sp³-hybridized carbons (Fsp3) is 0.533. The Morgan fingerprint density at radius 3 is 2.80 bits per heavy atom. The zero-order valence-electron chi connectivity index (χ0n) is 12.3. The first-order valence-electron chi connectivity index (χ1n) is 6.94. The van der Waals surface area contributed by atoms with Crippen molar-refractivity contribution < 1.29 is 9.53 Å². The van der Waals surface area contributed by atoms with E-state index in [9.17, 15) is 4.79 Å². The molecule has 0 atom stereocenters. The molecule has 1 rings (SSSR count). The van der Waals surface area contributed by atoms with Crippen molar-refractivity contribution in [2.24, 2.45) is 0 Å². The quantitative estimate of drug-likeness (QED) is 0.726. The molecule has 0 aliphatic carbocycles. The van der Waals surface area contributed by atoms with Crippen LogP contribution in [0.3, 0.4) is 0 Å². The maximum atomic E-state index is 11.6. The van der Waals surface area contributed by atoms with Crippen molar-refractivity contribution in [2.45, 2.75) is 39.8 Å². The van der Waals surface area contributed by atoms with Crippen molar-refractivity contribution in [1.82, 2.24) is 10.6 Å². The third-order valence-corrected chi connectivity index (χ3v) is 2.97. The lowest BCUT2D eigenvalue weighted by molar-refractivity contribution is -0.123. The van der Waals surface area contributed by atoms with Crippen LogP contribution in [0.1, 0.15) is 32.8 Å². The maximum absolute atomic E-state index is 11.6. The van der Waals surface area contributed by atoms with E-state index in [1.54, 1.807) is 0 Å². The van der Waals surface area contributed by atoms with Crippen molar-refractivity contribution in [3.05, 3.63) is 28.8 Å². The number of carbonyl (C=O) groups is 1. The molecular weight excluding hydrogens is 276 g/mol. The number of hydrogen-bond donors (Lipinski definition) is 2. The molecule has 0 aromatic heterocycles. The molecule has 0 radical (unpaired) electrons. The second-order valence-corrected chi connectivity index (χ2v) is 5.31. The standard InChI is InChI=1S/C15H23ClN2O2/c1-4-8-17-9-12-13(16)6-5-7-14(12)20-10-15(19)18-11(2)3/h5-7,11,17H,4,8-10H2,1-3H3,(H,18,19). The number of rotatable bonds is 8. The Morgan fingerprint density at radius 2 is 2.15 bits per heavy atom. The van der Waals surface area contributed by atoms with Gasteiger partial charge in [-0.2, -0.15) is 0 Å². The minimum absolute atomic E-state index is 0.000694. The Balaban J connectivity index is 2.64. The van der Waals surface area contributed by atoms with Crippen LogP contribution in [0.4, 0.5) is 0 Å². The molecule has 0 saturated heterocycles. The Labute approximate surface area is 125 Å². The zero-order chi connectivity index (χ0) is 15.0. The summed E-state index contributed by atoms with van der Waals surface area (Å²) in [7, 11) is 0. The second-order valence-electron chi connectivity index (χ2n) is 4.90. The topological polar surface area (TPSA) is 50.4 Å². The number of carbonyl (C=O) groups excluding carboxylic acids is 1. The van der Waals surface area contributed by atoms with Gasteiger partial charge in [-0.1, -0.05) is 24.6 Å². The number of amides is 1. The van der Waals surface area contributed by atoms with E-state index in [2.05, 4.69) is 17.6 Å². The van der Waals surface area contributed by atoms with Crippen molar-refractivity contribution in [1.29, 1.82) is 0 Å². The monoisotopic (exact) mass is 298 g/mol. The van der Waals surface area contributed by atoms with Crippen molar-refractivity contribution in [2.75, 3.05) is 13.2 Å². The fourth-order valence-electron chi connectivity index (χ4n) is 1.74. The van der Waals surface area contributed by atoms with Crippen LogP contribution in [0.2, 0.25) is 5.02 Å². The molecule has 0 bridgehead atoms. The Hall–Kier alpha value is -1.26. The van der Waals surface area contributed by atoms with Crippen LogP contribution in [0.25, 0.3) is 0 Å². The summed E-state index contributed by atoms with van der Waals surface area (Å²) in [6.07, 6.45) is 1.05. The molecule has 0 heterocycles. The van der Waals surface area contributed by atoms with Crippen LogP contribution in [0.5, 0.6) is 5.75 Å². The van der Waals surface area contributed by atoms with Crippen LogP contribution in [0.15, 0.2) is 18.2 Å². The molecule has 1 aromatic rings. The number of nitrogens with one attached hydrogen (secondary N) is 2.